The van der Waals surface area contributed by atoms with Gasteiger partial charge in [0.2, 0.25) is 0 Å². The molecule has 6 rings (SSSR count). The molecule has 11 nitrogen and oxygen atoms in total. The van der Waals surface area contributed by atoms with E-state index in [1.54, 1.807) is 16.5 Å². The van der Waals surface area contributed by atoms with Crippen LogP contribution in [0.15, 0.2) is 28.1 Å². The summed E-state index contributed by atoms with van der Waals surface area (Å²) in [4.78, 5) is 41.7. The van der Waals surface area contributed by atoms with Crippen molar-refractivity contribution in [2.24, 2.45) is 0 Å². The zero-order valence-electron chi connectivity index (χ0n) is 21.4. The number of benzene rings is 1. The number of hydrogen-bond acceptors (Lipinski definition) is 10. The van der Waals surface area contributed by atoms with E-state index in [0.717, 1.165) is 20.6 Å². The Morgan fingerprint density at radius 2 is 1.92 bits per heavy atom. The fourth-order valence-electron chi connectivity index (χ4n) is 4.54. The van der Waals surface area contributed by atoms with E-state index in [2.05, 4.69) is 14.8 Å². The molecule has 2 atom stereocenters. The molecule has 2 amide bonds. The van der Waals surface area contributed by atoms with E-state index in [1.807, 2.05) is 25.7 Å². The third-order valence-corrected chi connectivity index (χ3v) is 7.08. The summed E-state index contributed by atoms with van der Waals surface area (Å²) in [6, 6.07) is 2.83. The summed E-state index contributed by atoms with van der Waals surface area (Å²) in [5.41, 5.74) is 0.148. The molecule has 204 valence electrons. The van der Waals surface area contributed by atoms with Crippen LogP contribution in [-0.2, 0) is 14.4 Å². The lowest BCUT2D eigenvalue weighted by Crippen LogP contribution is -2.70. The van der Waals surface area contributed by atoms with Gasteiger partial charge in [-0.05, 0) is 39.3 Å². The number of piperidine rings is 1. The molecule has 3 aliphatic rings. The quantitative estimate of drug-likeness (QED) is 0.418. The molecule has 0 N–H and O–H groups in total. The fourth-order valence-corrected chi connectivity index (χ4v) is 5.20. The molecule has 2 aromatic heterocycles. The van der Waals surface area contributed by atoms with Crippen LogP contribution in [0.4, 0.5) is 19.6 Å². The average molecular weight is 552 g/mol. The molecule has 3 saturated heterocycles. The number of anilines is 1. The molecular formula is C24H27F2N5O6S. The number of alkyl halides is 2. The van der Waals surface area contributed by atoms with Crippen molar-refractivity contribution in [1.29, 1.82) is 0 Å². The Bertz CT molecular complexity index is 1350. The minimum atomic E-state index is -4.22. The number of hydrogen-bond donors (Lipinski definition) is 0. The minimum absolute atomic E-state index is 0.0171. The third kappa shape index (κ3) is 4.73. The molecule has 3 fully saturated rings. The standard InChI is InChI=1S/C24H27F2N5O6S/c1-23(2,3)37-22(33)31-13-10-14(31)12-30(11-13)21-28-17-16(36-24(25,26)20(32)29(4)34-5)7-6-15(18(17)35-21)19-27-8-9-38-19/h6-9,13-14H,10-12H2,1-5H3. The first-order valence-electron chi connectivity index (χ1n) is 11.9. The van der Waals surface area contributed by atoms with E-state index in [9.17, 15) is 18.4 Å². The molecule has 0 saturated carbocycles. The van der Waals surface area contributed by atoms with Crippen molar-refractivity contribution in [2.45, 2.75) is 51.0 Å². The summed E-state index contributed by atoms with van der Waals surface area (Å²) < 4.78 is 45.8. The van der Waals surface area contributed by atoms with Gasteiger partial charge < -0.3 is 18.8 Å². The van der Waals surface area contributed by atoms with E-state index in [0.29, 0.717) is 28.7 Å². The number of carbonyl (C=O) groups is 2. The number of hydroxylamine groups is 2. The van der Waals surface area contributed by atoms with Crippen molar-refractivity contribution in [1.82, 2.24) is 19.9 Å². The van der Waals surface area contributed by atoms with Gasteiger partial charge in [-0.2, -0.15) is 13.8 Å². The van der Waals surface area contributed by atoms with Gasteiger partial charge >= 0.3 is 18.1 Å². The highest BCUT2D eigenvalue weighted by molar-refractivity contribution is 7.13. The number of halogens is 2. The third-order valence-electron chi connectivity index (χ3n) is 6.27. The lowest BCUT2D eigenvalue weighted by molar-refractivity contribution is -0.231. The zero-order valence-corrected chi connectivity index (χ0v) is 22.3. The highest BCUT2D eigenvalue weighted by Crippen LogP contribution is 2.41. The van der Waals surface area contributed by atoms with Crippen LogP contribution in [0, 0.1) is 0 Å². The zero-order chi connectivity index (χ0) is 27.4. The maximum Gasteiger partial charge on any atom is 0.484 e. The number of likely N-dealkylation sites (N-methyl/N-ethyl adjacent to an activating group) is 1. The number of aromatic nitrogens is 2. The van der Waals surface area contributed by atoms with Crippen LogP contribution in [0.1, 0.15) is 27.2 Å². The number of thiazole rings is 1. The summed E-state index contributed by atoms with van der Waals surface area (Å²) in [6.45, 7) is 6.30. The van der Waals surface area contributed by atoms with Crippen molar-refractivity contribution in [3.05, 3.63) is 23.7 Å². The van der Waals surface area contributed by atoms with Crippen molar-refractivity contribution >= 4 is 40.5 Å². The molecule has 2 bridgehead atoms. The first-order valence-corrected chi connectivity index (χ1v) is 12.7. The van der Waals surface area contributed by atoms with Gasteiger partial charge in [0.25, 0.3) is 6.01 Å². The summed E-state index contributed by atoms with van der Waals surface area (Å²) in [6.07, 6.45) is -2.16. The van der Waals surface area contributed by atoms with Gasteiger partial charge in [0.1, 0.15) is 10.6 Å². The molecule has 0 radical (unpaired) electrons. The van der Waals surface area contributed by atoms with Gasteiger partial charge in [0, 0.05) is 31.7 Å². The Balaban J connectivity index is 1.45. The Labute approximate surface area is 220 Å². The lowest BCUT2D eigenvalue weighted by Gasteiger charge is -2.55. The molecule has 38 heavy (non-hydrogen) atoms. The normalized spacial score (nSPS) is 19.3. The van der Waals surface area contributed by atoms with Gasteiger partial charge in [0.15, 0.2) is 16.8 Å². The van der Waals surface area contributed by atoms with Crippen LogP contribution in [0.25, 0.3) is 21.7 Å². The van der Waals surface area contributed by atoms with Gasteiger partial charge in [-0.25, -0.2) is 14.8 Å². The molecule has 5 heterocycles. The second kappa shape index (κ2) is 9.34. The molecule has 3 aliphatic heterocycles. The number of piperazine rings is 1. The van der Waals surface area contributed by atoms with Gasteiger partial charge in [-0.3, -0.25) is 14.5 Å². The lowest BCUT2D eigenvalue weighted by atomic mass is 9.88. The minimum Gasteiger partial charge on any atom is -0.444 e. The van der Waals surface area contributed by atoms with Crippen LogP contribution in [0.5, 0.6) is 5.75 Å². The first kappa shape index (κ1) is 26.1. The van der Waals surface area contributed by atoms with E-state index < -0.39 is 17.6 Å². The summed E-state index contributed by atoms with van der Waals surface area (Å²) >= 11 is 1.34. The number of rotatable bonds is 6. The molecular weight excluding hydrogens is 524 g/mol. The fraction of sp³-hybridized carbons (Fsp3) is 0.500. The Morgan fingerprint density at radius 1 is 1.21 bits per heavy atom. The van der Waals surface area contributed by atoms with E-state index in [-0.39, 0.29) is 41.0 Å². The second-order valence-electron chi connectivity index (χ2n) is 10.1. The largest absolute Gasteiger partial charge is 0.484 e. The van der Waals surface area contributed by atoms with Crippen molar-refractivity contribution in [2.75, 3.05) is 32.1 Å². The van der Waals surface area contributed by atoms with E-state index >= 15 is 0 Å². The molecule has 3 aromatic rings. The number of oxazole rings is 1. The number of amides is 2. The first-order chi connectivity index (χ1) is 17.9. The highest BCUT2D eigenvalue weighted by Gasteiger charge is 2.50. The number of ether oxygens (including phenoxy) is 2. The van der Waals surface area contributed by atoms with Crippen LogP contribution < -0.4 is 9.64 Å². The van der Waals surface area contributed by atoms with Crippen LogP contribution in [0.2, 0.25) is 0 Å². The molecule has 0 spiro atoms. The average Bonchev–Trinajstić information content (AvgIpc) is 3.53. The monoisotopic (exact) mass is 551 g/mol. The van der Waals surface area contributed by atoms with Crippen LogP contribution in [-0.4, -0.2) is 83.0 Å². The Morgan fingerprint density at radius 3 is 2.53 bits per heavy atom. The van der Waals surface area contributed by atoms with Crippen LogP contribution >= 0.6 is 11.3 Å². The van der Waals surface area contributed by atoms with Gasteiger partial charge in [0.05, 0.1) is 24.8 Å². The number of carbonyl (C=O) groups excluding carboxylic acids is 2. The van der Waals surface area contributed by atoms with Crippen LogP contribution in [0.3, 0.4) is 0 Å². The summed E-state index contributed by atoms with van der Waals surface area (Å²) in [5, 5.41) is 2.76. The van der Waals surface area contributed by atoms with Crippen molar-refractivity contribution in [3.63, 3.8) is 0 Å². The Hall–Kier alpha value is -3.52. The maximum atomic E-state index is 14.7. The van der Waals surface area contributed by atoms with Crippen molar-refractivity contribution in [3.8, 4) is 16.3 Å². The summed E-state index contributed by atoms with van der Waals surface area (Å²) in [5.74, 6) is -2.02. The number of fused-ring (bicyclic) bond motifs is 3. The topological polar surface area (TPSA) is 110 Å². The predicted molar refractivity (Wildman–Crippen MR) is 133 cm³/mol. The van der Waals surface area contributed by atoms with Gasteiger partial charge in [-0.15, -0.1) is 11.3 Å². The SMILES string of the molecule is CON(C)C(=O)C(F)(F)Oc1ccc(-c2nccs2)c2oc(N3CC4CC(C3)N4C(=O)OC(C)(C)C)nc12. The molecule has 0 aliphatic carbocycles. The molecule has 2 unspecified atom stereocenters. The predicted octanol–water partition coefficient (Wildman–Crippen LogP) is 4.14. The van der Waals surface area contributed by atoms with Gasteiger partial charge in [-0.1, -0.05) is 0 Å². The van der Waals surface area contributed by atoms with E-state index in [1.165, 1.54) is 23.5 Å². The smallest absolute Gasteiger partial charge is 0.444 e. The second-order valence-corrected chi connectivity index (χ2v) is 11.0. The maximum absolute atomic E-state index is 14.7. The number of nitrogens with zero attached hydrogens (tertiary/aromatic N) is 5. The molecule has 14 heteroatoms. The highest BCUT2D eigenvalue weighted by atomic mass is 32.1. The van der Waals surface area contributed by atoms with E-state index in [4.69, 9.17) is 13.9 Å². The summed E-state index contributed by atoms with van der Waals surface area (Å²) in [7, 11) is 2.14. The Kier molecular flexibility index (Phi) is 6.42. The van der Waals surface area contributed by atoms with Crippen molar-refractivity contribution < 1.29 is 37.1 Å². The molecule has 1 aromatic carbocycles.